The molecule has 0 radical (unpaired) electrons. The first-order valence-corrected chi connectivity index (χ1v) is 9.40. The first kappa shape index (κ1) is 16.6. The summed E-state index contributed by atoms with van der Waals surface area (Å²) in [5, 5.41) is 10.0. The van der Waals surface area contributed by atoms with E-state index in [-0.39, 0.29) is 0 Å². The number of aryl methyl sites for hydroxylation is 3. The zero-order chi connectivity index (χ0) is 19.3. The van der Waals surface area contributed by atoms with Gasteiger partial charge in [-0.3, -0.25) is 0 Å². The van der Waals surface area contributed by atoms with Gasteiger partial charge in [-0.05, 0) is 49.1 Å². The van der Waals surface area contributed by atoms with Crippen molar-refractivity contribution >= 4 is 16.7 Å². The Morgan fingerprint density at radius 2 is 1.75 bits per heavy atom. The van der Waals surface area contributed by atoms with Crippen molar-refractivity contribution in [3.05, 3.63) is 71.7 Å². The summed E-state index contributed by atoms with van der Waals surface area (Å²) < 4.78 is 3.57. The van der Waals surface area contributed by atoms with Crippen molar-refractivity contribution in [3.63, 3.8) is 0 Å². The summed E-state index contributed by atoms with van der Waals surface area (Å²) in [5.41, 5.74) is 7.30. The van der Waals surface area contributed by atoms with Gasteiger partial charge in [0.1, 0.15) is 6.33 Å². The summed E-state index contributed by atoms with van der Waals surface area (Å²) in [7, 11) is 0. The SMILES string of the molecule is CCc1ccc(-c2nc3c4cnn(-c5ccc(C)c(C)c5)c4ncn3n2)cc1. The summed E-state index contributed by atoms with van der Waals surface area (Å²) in [6, 6.07) is 14.7. The van der Waals surface area contributed by atoms with E-state index in [9.17, 15) is 0 Å². The molecule has 0 aliphatic heterocycles. The number of fused-ring (bicyclic) bond motifs is 3. The van der Waals surface area contributed by atoms with Crippen molar-refractivity contribution in [2.45, 2.75) is 27.2 Å². The number of hydrogen-bond donors (Lipinski definition) is 0. The molecule has 0 amide bonds. The fourth-order valence-corrected chi connectivity index (χ4v) is 3.38. The number of aromatic nitrogens is 6. The molecule has 6 heteroatoms. The van der Waals surface area contributed by atoms with E-state index in [4.69, 9.17) is 4.98 Å². The fraction of sp³-hybridized carbons (Fsp3) is 0.182. The zero-order valence-corrected chi connectivity index (χ0v) is 16.1. The van der Waals surface area contributed by atoms with Gasteiger partial charge in [0.25, 0.3) is 0 Å². The molecule has 0 atom stereocenters. The number of hydrogen-bond acceptors (Lipinski definition) is 4. The Morgan fingerprint density at radius 1 is 0.929 bits per heavy atom. The smallest absolute Gasteiger partial charge is 0.182 e. The van der Waals surface area contributed by atoms with Crippen molar-refractivity contribution in [1.82, 2.24) is 29.4 Å². The number of nitrogens with zero attached hydrogens (tertiary/aromatic N) is 6. The van der Waals surface area contributed by atoms with E-state index in [0.717, 1.165) is 34.4 Å². The van der Waals surface area contributed by atoms with Crippen LogP contribution < -0.4 is 0 Å². The van der Waals surface area contributed by atoms with Crippen LogP contribution in [-0.2, 0) is 6.42 Å². The predicted molar refractivity (Wildman–Crippen MR) is 110 cm³/mol. The van der Waals surface area contributed by atoms with Gasteiger partial charge in [0.05, 0.1) is 17.3 Å². The molecule has 0 saturated heterocycles. The summed E-state index contributed by atoms with van der Waals surface area (Å²) >= 11 is 0. The minimum Gasteiger partial charge on any atom is -0.216 e. The lowest BCUT2D eigenvalue weighted by atomic mass is 10.1. The van der Waals surface area contributed by atoms with Crippen LogP contribution in [0.5, 0.6) is 0 Å². The van der Waals surface area contributed by atoms with Crippen LogP contribution in [0, 0.1) is 13.8 Å². The largest absolute Gasteiger partial charge is 0.216 e. The Bertz CT molecular complexity index is 1310. The number of rotatable bonds is 3. The topological polar surface area (TPSA) is 60.9 Å². The molecule has 2 aromatic carbocycles. The molecule has 138 valence electrons. The summed E-state index contributed by atoms with van der Waals surface area (Å²) in [4.78, 5) is 9.36. The molecule has 3 aromatic heterocycles. The van der Waals surface area contributed by atoms with Gasteiger partial charge in [0.15, 0.2) is 17.1 Å². The highest BCUT2D eigenvalue weighted by Crippen LogP contribution is 2.23. The lowest BCUT2D eigenvalue weighted by Gasteiger charge is -2.06. The molecule has 5 rings (SSSR count). The molecule has 0 fully saturated rings. The van der Waals surface area contributed by atoms with Gasteiger partial charge in [-0.1, -0.05) is 37.3 Å². The fourth-order valence-electron chi connectivity index (χ4n) is 3.38. The van der Waals surface area contributed by atoms with Gasteiger partial charge in [0, 0.05) is 5.56 Å². The van der Waals surface area contributed by atoms with Crippen molar-refractivity contribution < 1.29 is 0 Å². The van der Waals surface area contributed by atoms with E-state index < -0.39 is 0 Å². The van der Waals surface area contributed by atoms with Crippen LogP contribution in [0.1, 0.15) is 23.6 Å². The monoisotopic (exact) mass is 368 g/mol. The van der Waals surface area contributed by atoms with Crippen LogP contribution in [-0.4, -0.2) is 29.4 Å². The molecule has 5 aromatic rings. The molecule has 6 nitrogen and oxygen atoms in total. The van der Waals surface area contributed by atoms with Gasteiger partial charge in [-0.25, -0.2) is 19.2 Å². The maximum Gasteiger partial charge on any atom is 0.182 e. The highest BCUT2D eigenvalue weighted by molar-refractivity contribution is 5.90. The molecule has 0 aliphatic rings. The summed E-state index contributed by atoms with van der Waals surface area (Å²) in [6.45, 7) is 6.35. The van der Waals surface area contributed by atoms with E-state index in [2.05, 4.69) is 78.4 Å². The minimum absolute atomic E-state index is 0.691. The van der Waals surface area contributed by atoms with Gasteiger partial charge in [-0.2, -0.15) is 5.10 Å². The number of benzene rings is 2. The van der Waals surface area contributed by atoms with Crippen molar-refractivity contribution in [2.24, 2.45) is 0 Å². The maximum atomic E-state index is 4.76. The third-order valence-electron chi connectivity index (χ3n) is 5.26. The predicted octanol–water partition coefficient (Wildman–Crippen LogP) is 4.31. The second-order valence-corrected chi connectivity index (χ2v) is 7.06. The molecular weight excluding hydrogens is 348 g/mol. The molecule has 0 spiro atoms. The molecule has 0 aliphatic carbocycles. The lowest BCUT2D eigenvalue weighted by molar-refractivity contribution is 0.881. The quantitative estimate of drug-likeness (QED) is 0.476. The van der Waals surface area contributed by atoms with Gasteiger partial charge in [0.2, 0.25) is 0 Å². The normalized spacial score (nSPS) is 11.5. The Balaban J connectivity index is 1.65. The molecule has 0 saturated carbocycles. The van der Waals surface area contributed by atoms with E-state index in [0.29, 0.717) is 5.82 Å². The van der Waals surface area contributed by atoms with Crippen molar-refractivity contribution in [2.75, 3.05) is 0 Å². The summed E-state index contributed by atoms with van der Waals surface area (Å²) in [6.07, 6.45) is 4.53. The minimum atomic E-state index is 0.691. The van der Waals surface area contributed by atoms with Gasteiger partial charge in [-0.15, -0.1) is 5.10 Å². The molecule has 0 unspecified atom stereocenters. The van der Waals surface area contributed by atoms with E-state index in [1.165, 1.54) is 16.7 Å². The van der Waals surface area contributed by atoms with Crippen LogP contribution in [0.4, 0.5) is 0 Å². The zero-order valence-electron chi connectivity index (χ0n) is 16.1. The van der Waals surface area contributed by atoms with Crippen LogP contribution >= 0.6 is 0 Å². The Labute approximate surface area is 162 Å². The average Bonchev–Trinajstić information content (AvgIpc) is 3.34. The Kier molecular flexibility index (Phi) is 3.72. The molecule has 3 heterocycles. The van der Waals surface area contributed by atoms with Crippen LogP contribution in [0.2, 0.25) is 0 Å². The molecular formula is C22H20N6. The first-order valence-electron chi connectivity index (χ1n) is 9.40. The molecule has 0 N–H and O–H groups in total. The van der Waals surface area contributed by atoms with Crippen LogP contribution in [0.25, 0.3) is 33.8 Å². The van der Waals surface area contributed by atoms with E-state index >= 15 is 0 Å². The van der Waals surface area contributed by atoms with E-state index in [1.807, 2.05) is 10.9 Å². The van der Waals surface area contributed by atoms with Crippen LogP contribution in [0.15, 0.2) is 55.0 Å². The molecule has 28 heavy (non-hydrogen) atoms. The van der Waals surface area contributed by atoms with E-state index in [1.54, 1.807) is 10.8 Å². The first-order chi connectivity index (χ1) is 13.6. The highest BCUT2D eigenvalue weighted by Gasteiger charge is 2.14. The average molecular weight is 368 g/mol. The van der Waals surface area contributed by atoms with Crippen molar-refractivity contribution in [3.8, 4) is 17.1 Å². The second-order valence-electron chi connectivity index (χ2n) is 7.06. The maximum absolute atomic E-state index is 4.76. The van der Waals surface area contributed by atoms with Gasteiger partial charge >= 0.3 is 0 Å². The molecule has 0 bridgehead atoms. The Hall–Kier alpha value is -3.54. The third kappa shape index (κ3) is 2.57. The van der Waals surface area contributed by atoms with Crippen molar-refractivity contribution in [1.29, 1.82) is 0 Å². The summed E-state index contributed by atoms with van der Waals surface area (Å²) in [5.74, 6) is 0.691. The second kappa shape index (κ2) is 6.27. The highest BCUT2D eigenvalue weighted by atomic mass is 15.3. The van der Waals surface area contributed by atoms with Gasteiger partial charge < -0.3 is 0 Å². The standard InChI is InChI=1S/C22H20N6/c1-4-16-6-8-17(9-7-16)20-25-22-19-12-24-28(21(19)23-13-27(22)26-20)18-10-5-14(2)15(3)11-18/h5-13H,4H2,1-3H3. The third-order valence-corrected chi connectivity index (χ3v) is 5.26. The van der Waals surface area contributed by atoms with Crippen LogP contribution in [0.3, 0.4) is 0 Å². The Morgan fingerprint density at radius 3 is 2.50 bits per heavy atom. The lowest BCUT2D eigenvalue weighted by Crippen LogP contribution is -1.99.